The van der Waals surface area contributed by atoms with Gasteiger partial charge in [0.1, 0.15) is 5.76 Å². The molecule has 0 aliphatic carbocycles. The number of furan rings is 1. The first kappa shape index (κ1) is 13.3. The molecule has 2 aromatic heterocycles. The van der Waals surface area contributed by atoms with E-state index in [0.29, 0.717) is 12.3 Å². The standard InChI is InChI=1S/C14H16N2O3/c1-9(11-3-5-15-6-4-11)16-8-12-7-13(14(17)18)19-10(12)2/h3-7,9,16H,8H2,1-2H3,(H,17,18)/t9-/m1/s1. The van der Waals surface area contributed by atoms with Gasteiger partial charge >= 0.3 is 5.97 Å². The average Bonchev–Trinajstić information content (AvgIpc) is 2.79. The fourth-order valence-electron chi connectivity index (χ4n) is 1.83. The molecular weight excluding hydrogens is 244 g/mol. The summed E-state index contributed by atoms with van der Waals surface area (Å²) in [5, 5.41) is 12.2. The predicted octanol–water partition coefficient (Wildman–Crippen LogP) is 2.53. The van der Waals surface area contributed by atoms with Crippen LogP contribution >= 0.6 is 0 Å². The van der Waals surface area contributed by atoms with Gasteiger partial charge in [0.2, 0.25) is 5.76 Å². The van der Waals surface area contributed by atoms with Gasteiger partial charge in [-0.05, 0) is 37.6 Å². The Kier molecular flexibility index (Phi) is 3.97. The molecule has 2 N–H and O–H groups in total. The third-order valence-corrected chi connectivity index (χ3v) is 3.04. The van der Waals surface area contributed by atoms with Crippen LogP contribution in [-0.2, 0) is 6.54 Å². The summed E-state index contributed by atoms with van der Waals surface area (Å²) < 4.78 is 5.16. The maximum atomic E-state index is 10.8. The van der Waals surface area contributed by atoms with Crippen molar-refractivity contribution in [2.75, 3.05) is 0 Å². The van der Waals surface area contributed by atoms with Gasteiger partial charge in [0.25, 0.3) is 0 Å². The van der Waals surface area contributed by atoms with Crippen LogP contribution in [0.15, 0.2) is 35.0 Å². The monoisotopic (exact) mass is 260 g/mol. The molecular formula is C14H16N2O3. The van der Waals surface area contributed by atoms with E-state index in [2.05, 4.69) is 10.3 Å². The van der Waals surface area contributed by atoms with Crippen molar-refractivity contribution in [3.05, 3.63) is 53.2 Å². The number of nitrogens with one attached hydrogen (secondary N) is 1. The lowest BCUT2D eigenvalue weighted by Gasteiger charge is -2.13. The molecule has 5 nitrogen and oxygen atoms in total. The van der Waals surface area contributed by atoms with Gasteiger partial charge in [-0.25, -0.2) is 4.79 Å². The largest absolute Gasteiger partial charge is 0.475 e. The Morgan fingerprint density at radius 1 is 1.47 bits per heavy atom. The van der Waals surface area contributed by atoms with Gasteiger partial charge < -0.3 is 14.8 Å². The van der Waals surface area contributed by atoms with Crippen LogP contribution in [-0.4, -0.2) is 16.1 Å². The summed E-state index contributed by atoms with van der Waals surface area (Å²) in [4.78, 5) is 14.8. The molecule has 2 heterocycles. The van der Waals surface area contributed by atoms with Crippen LogP contribution in [0.25, 0.3) is 0 Å². The third kappa shape index (κ3) is 3.20. The number of carbonyl (C=O) groups is 1. The number of nitrogens with zero attached hydrogens (tertiary/aromatic N) is 1. The molecule has 0 unspecified atom stereocenters. The quantitative estimate of drug-likeness (QED) is 0.864. The van der Waals surface area contributed by atoms with Crippen molar-refractivity contribution in [3.63, 3.8) is 0 Å². The normalized spacial score (nSPS) is 12.3. The molecule has 0 saturated heterocycles. The highest BCUT2D eigenvalue weighted by Gasteiger charge is 2.13. The smallest absolute Gasteiger partial charge is 0.371 e. The third-order valence-electron chi connectivity index (χ3n) is 3.04. The van der Waals surface area contributed by atoms with Crippen molar-refractivity contribution in [2.45, 2.75) is 26.4 Å². The zero-order valence-corrected chi connectivity index (χ0v) is 10.9. The van der Waals surface area contributed by atoms with Gasteiger partial charge in [-0.1, -0.05) is 0 Å². The number of hydrogen-bond acceptors (Lipinski definition) is 4. The average molecular weight is 260 g/mol. The second-order valence-electron chi connectivity index (χ2n) is 4.38. The first-order valence-electron chi connectivity index (χ1n) is 6.04. The topological polar surface area (TPSA) is 75.4 Å². The first-order chi connectivity index (χ1) is 9.08. The molecule has 0 aromatic carbocycles. The number of aryl methyl sites for hydroxylation is 1. The van der Waals surface area contributed by atoms with Crippen molar-refractivity contribution in [1.82, 2.24) is 10.3 Å². The minimum Gasteiger partial charge on any atom is -0.475 e. The van der Waals surface area contributed by atoms with Crippen LogP contribution in [0.3, 0.4) is 0 Å². The number of hydrogen-bond donors (Lipinski definition) is 2. The number of carboxylic acid groups (broad SMARTS) is 1. The number of rotatable bonds is 5. The summed E-state index contributed by atoms with van der Waals surface area (Å²) in [6, 6.07) is 5.61. The van der Waals surface area contributed by atoms with Crippen LogP contribution in [0.2, 0.25) is 0 Å². The van der Waals surface area contributed by atoms with Gasteiger partial charge in [-0.15, -0.1) is 0 Å². The highest BCUT2D eigenvalue weighted by molar-refractivity contribution is 5.84. The number of carboxylic acids is 1. The van der Waals surface area contributed by atoms with Gasteiger partial charge in [-0.2, -0.15) is 0 Å². The van der Waals surface area contributed by atoms with Crippen LogP contribution in [0.4, 0.5) is 0 Å². The molecule has 0 aliphatic rings. The van der Waals surface area contributed by atoms with E-state index < -0.39 is 5.97 Å². The Labute approximate surface area is 111 Å². The molecule has 2 rings (SSSR count). The molecule has 5 heteroatoms. The zero-order chi connectivity index (χ0) is 13.8. The number of aromatic nitrogens is 1. The summed E-state index contributed by atoms with van der Waals surface area (Å²) in [7, 11) is 0. The SMILES string of the molecule is Cc1oc(C(=O)O)cc1CN[C@H](C)c1ccncc1. The molecule has 0 bridgehead atoms. The van der Waals surface area contributed by atoms with E-state index in [1.165, 1.54) is 0 Å². The van der Waals surface area contributed by atoms with Crippen molar-refractivity contribution < 1.29 is 14.3 Å². The van der Waals surface area contributed by atoms with Gasteiger partial charge in [0.05, 0.1) is 0 Å². The minimum absolute atomic E-state index is 0.0223. The van der Waals surface area contributed by atoms with Crippen LogP contribution < -0.4 is 5.32 Å². The van der Waals surface area contributed by atoms with E-state index in [1.54, 1.807) is 25.4 Å². The van der Waals surface area contributed by atoms with Crippen molar-refractivity contribution in [2.24, 2.45) is 0 Å². The maximum absolute atomic E-state index is 10.8. The highest BCUT2D eigenvalue weighted by atomic mass is 16.4. The zero-order valence-electron chi connectivity index (χ0n) is 10.9. The Hall–Kier alpha value is -2.14. The lowest BCUT2D eigenvalue weighted by molar-refractivity contribution is 0.0661. The first-order valence-corrected chi connectivity index (χ1v) is 6.04. The summed E-state index contributed by atoms with van der Waals surface area (Å²) in [6.07, 6.45) is 3.50. The summed E-state index contributed by atoms with van der Waals surface area (Å²) in [5.74, 6) is -0.436. The molecule has 0 saturated carbocycles. The van der Waals surface area contributed by atoms with Crippen LogP contribution in [0.5, 0.6) is 0 Å². The lowest BCUT2D eigenvalue weighted by Crippen LogP contribution is -2.18. The molecule has 0 radical (unpaired) electrons. The van der Waals surface area contributed by atoms with E-state index >= 15 is 0 Å². The Morgan fingerprint density at radius 3 is 2.74 bits per heavy atom. The lowest BCUT2D eigenvalue weighted by atomic mass is 10.1. The van der Waals surface area contributed by atoms with Crippen molar-refractivity contribution in [1.29, 1.82) is 0 Å². The van der Waals surface area contributed by atoms with Gasteiger partial charge in [-0.3, -0.25) is 4.98 Å². The van der Waals surface area contributed by atoms with Crippen LogP contribution in [0.1, 0.15) is 40.4 Å². The number of pyridine rings is 1. The molecule has 1 atom stereocenters. The van der Waals surface area contributed by atoms with E-state index in [4.69, 9.17) is 9.52 Å². The molecule has 0 aliphatic heterocycles. The van der Waals surface area contributed by atoms with Crippen LogP contribution in [0, 0.1) is 6.92 Å². The van der Waals surface area contributed by atoms with E-state index in [-0.39, 0.29) is 11.8 Å². The second-order valence-corrected chi connectivity index (χ2v) is 4.38. The van der Waals surface area contributed by atoms with Gasteiger partial charge in [0.15, 0.2) is 0 Å². The fourth-order valence-corrected chi connectivity index (χ4v) is 1.83. The fraction of sp³-hybridized carbons (Fsp3) is 0.286. The molecule has 0 amide bonds. The van der Waals surface area contributed by atoms with E-state index in [9.17, 15) is 4.79 Å². The Balaban J connectivity index is 2.01. The maximum Gasteiger partial charge on any atom is 0.371 e. The molecule has 2 aromatic rings. The van der Waals surface area contributed by atoms with E-state index in [0.717, 1.165) is 11.1 Å². The summed E-state index contributed by atoms with van der Waals surface area (Å²) >= 11 is 0. The predicted molar refractivity (Wildman–Crippen MR) is 69.9 cm³/mol. The number of aromatic carboxylic acids is 1. The van der Waals surface area contributed by atoms with Crippen molar-refractivity contribution in [3.8, 4) is 0 Å². The highest BCUT2D eigenvalue weighted by Crippen LogP contribution is 2.17. The summed E-state index contributed by atoms with van der Waals surface area (Å²) in [6.45, 7) is 4.37. The minimum atomic E-state index is -1.04. The summed E-state index contributed by atoms with van der Waals surface area (Å²) in [5.41, 5.74) is 1.99. The van der Waals surface area contributed by atoms with Crippen molar-refractivity contribution >= 4 is 5.97 Å². The molecule has 19 heavy (non-hydrogen) atoms. The molecule has 0 spiro atoms. The van der Waals surface area contributed by atoms with Gasteiger partial charge in [0, 0.05) is 30.5 Å². The second kappa shape index (κ2) is 5.67. The molecule has 0 fully saturated rings. The molecule has 100 valence electrons. The Morgan fingerprint density at radius 2 is 2.16 bits per heavy atom. The van der Waals surface area contributed by atoms with E-state index in [1.807, 2.05) is 19.1 Å². The Bertz CT molecular complexity index is 563.